The lowest BCUT2D eigenvalue weighted by atomic mass is 10.1. The Morgan fingerprint density at radius 3 is 3.17 bits per heavy atom. The molecule has 0 unspecified atom stereocenters. The first-order valence-corrected chi connectivity index (χ1v) is 6.57. The summed E-state index contributed by atoms with van der Waals surface area (Å²) in [6.45, 7) is 1.11. The Morgan fingerprint density at radius 2 is 2.44 bits per heavy atom. The van der Waals surface area contributed by atoms with Crippen LogP contribution in [0.25, 0.3) is 4.96 Å². The molecule has 7 nitrogen and oxygen atoms in total. The van der Waals surface area contributed by atoms with Gasteiger partial charge in [-0.15, -0.1) is 0 Å². The fourth-order valence-electron chi connectivity index (χ4n) is 2.29. The molecule has 1 N–H and O–H groups in total. The minimum Gasteiger partial charge on any atom is -0.391 e. The van der Waals surface area contributed by atoms with Gasteiger partial charge < -0.3 is 20.1 Å². The van der Waals surface area contributed by atoms with Crippen molar-refractivity contribution in [2.75, 3.05) is 18.0 Å². The van der Waals surface area contributed by atoms with E-state index in [0.29, 0.717) is 23.9 Å². The summed E-state index contributed by atoms with van der Waals surface area (Å²) in [6, 6.07) is 0. The van der Waals surface area contributed by atoms with Crippen molar-refractivity contribution in [2.45, 2.75) is 18.9 Å². The van der Waals surface area contributed by atoms with Gasteiger partial charge in [0, 0.05) is 18.5 Å². The molecule has 0 amide bonds. The van der Waals surface area contributed by atoms with E-state index in [4.69, 9.17) is 0 Å². The van der Waals surface area contributed by atoms with Gasteiger partial charge in [-0.1, -0.05) is 11.3 Å². The molecule has 1 fully saturated rings. The molecule has 18 heavy (non-hydrogen) atoms. The fourth-order valence-corrected chi connectivity index (χ4v) is 3.00. The number of rotatable bonds is 2. The van der Waals surface area contributed by atoms with Crippen molar-refractivity contribution in [3.8, 4) is 0 Å². The molecule has 1 atom stereocenters. The van der Waals surface area contributed by atoms with E-state index in [-0.39, 0.29) is 5.82 Å². The minimum atomic E-state index is -0.432. The third-order valence-corrected chi connectivity index (χ3v) is 3.84. The molecule has 1 aliphatic rings. The molecule has 0 saturated carbocycles. The van der Waals surface area contributed by atoms with Gasteiger partial charge in [-0.2, -0.15) is 9.38 Å². The first-order chi connectivity index (χ1) is 8.66. The molecule has 8 heteroatoms. The lowest BCUT2D eigenvalue weighted by Crippen LogP contribution is -2.38. The lowest BCUT2D eigenvalue weighted by Gasteiger charge is -2.29. The Kier molecular flexibility index (Phi) is 2.67. The van der Waals surface area contributed by atoms with Crippen molar-refractivity contribution in [2.24, 2.45) is 0 Å². The van der Waals surface area contributed by atoms with Crippen molar-refractivity contribution in [1.29, 1.82) is 0 Å². The molecule has 0 aromatic carbocycles. The molecule has 3 heterocycles. The van der Waals surface area contributed by atoms with E-state index >= 15 is 0 Å². The maximum absolute atomic E-state index is 11.2. The van der Waals surface area contributed by atoms with Crippen LogP contribution < -0.4 is 4.90 Å². The third-order valence-electron chi connectivity index (χ3n) is 3.09. The molecule has 2 aromatic heterocycles. The van der Waals surface area contributed by atoms with E-state index in [9.17, 15) is 15.2 Å². The van der Waals surface area contributed by atoms with Gasteiger partial charge in [0.2, 0.25) is 5.82 Å². The van der Waals surface area contributed by atoms with Crippen molar-refractivity contribution in [3.05, 3.63) is 21.7 Å². The number of β-amino-alcohol motifs (C(OH)–C–C–N with tert-alkyl or cyclic N) is 1. The second-order valence-electron chi connectivity index (χ2n) is 4.31. The zero-order valence-corrected chi connectivity index (χ0v) is 10.3. The van der Waals surface area contributed by atoms with Crippen molar-refractivity contribution in [1.82, 2.24) is 9.38 Å². The molecule has 96 valence electrons. The first kappa shape index (κ1) is 11.4. The van der Waals surface area contributed by atoms with Crippen molar-refractivity contribution in [3.63, 3.8) is 0 Å². The van der Waals surface area contributed by atoms with Gasteiger partial charge in [0.25, 0.3) is 4.96 Å². The maximum Gasteiger partial charge on any atom is 0.373 e. The Morgan fingerprint density at radius 1 is 1.61 bits per heavy atom. The van der Waals surface area contributed by atoms with Gasteiger partial charge in [0.15, 0.2) is 0 Å². The Balaban J connectivity index is 2.07. The number of imidazole rings is 1. The highest BCUT2D eigenvalue weighted by Gasteiger charge is 2.30. The number of thiazole rings is 1. The van der Waals surface area contributed by atoms with Crippen LogP contribution in [-0.4, -0.2) is 38.6 Å². The summed E-state index contributed by atoms with van der Waals surface area (Å²) in [5.41, 5.74) is 0. The number of nitro groups is 1. The SMILES string of the molecule is O=[N+]([O-])c1c(N2CCC[C@H](O)C2)nc2sccn12. The van der Waals surface area contributed by atoms with Gasteiger partial charge in [-0.25, -0.2) is 0 Å². The van der Waals surface area contributed by atoms with E-state index in [0.717, 1.165) is 12.8 Å². The average Bonchev–Trinajstić information content (AvgIpc) is 2.87. The number of aliphatic hydroxyl groups is 1. The lowest BCUT2D eigenvalue weighted by molar-refractivity contribution is -0.389. The third kappa shape index (κ3) is 1.73. The molecule has 0 spiro atoms. The standard InChI is InChI=1S/C10H12N4O3S/c15-7-2-1-3-12(6-7)8-9(14(16)17)13-4-5-18-10(13)11-8/h4-5,7,15H,1-3,6H2/t7-/m0/s1. The van der Waals surface area contributed by atoms with Crippen LogP contribution >= 0.6 is 11.3 Å². The van der Waals surface area contributed by atoms with Gasteiger partial charge in [-0.3, -0.25) is 0 Å². The van der Waals surface area contributed by atoms with E-state index in [1.165, 1.54) is 15.7 Å². The Labute approximate surface area is 106 Å². The van der Waals surface area contributed by atoms with Crippen LogP contribution in [0.1, 0.15) is 12.8 Å². The quantitative estimate of drug-likeness (QED) is 0.655. The Hall–Kier alpha value is -1.67. The van der Waals surface area contributed by atoms with Crippen molar-refractivity contribution < 1.29 is 10.0 Å². The predicted octanol–water partition coefficient (Wildman–Crippen LogP) is 1.27. The number of hydrogen-bond donors (Lipinski definition) is 1. The maximum atomic E-state index is 11.2. The number of aliphatic hydroxyl groups excluding tert-OH is 1. The summed E-state index contributed by atoms with van der Waals surface area (Å²) >= 11 is 1.36. The molecule has 3 rings (SSSR count). The van der Waals surface area contributed by atoms with Crippen LogP contribution in [0.3, 0.4) is 0 Å². The number of hydrogen-bond acceptors (Lipinski definition) is 6. The van der Waals surface area contributed by atoms with Gasteiger partial charge in [0.05, 0.1) is 6.10 Å². The number of aromatic nitrogens is 2. The summed E-state index contributed by atoms with van der Waals surface area (Å²) in [4.78, 5) is 17.5. The summed E-state index contributed by atoms with van der Waals surface area (Å²) in [5, 5.41) is 22.6. The van der Waals surface area contributed by atoms with E-state index in [1.54, 1.807) is 16.5 Å². The summed E-state index contributed by atoms with van der Waals surface area (Å²) in [5.74, 6) is 0.353. The highest BCUT2D eigenvalue weighted by molar-refractivity contribution is 7.15. The van der Waals surface area contributed by atoms with Crippen LogP contribution in [0, 0.1) is 10.1 Å². The van der Waals surface area contributed by atoms with Gasteiger partial charge in [-0.05, 0) is 17.8 Å². The summed E-state index contributed by atoms with van der Waals surface area (Å²) < 4.78 is 1.49. The zero-order valence-electron chi connectivity index (χ0n) is 9.52. The number of piperidine rings is 1. The molecule has 0 bridgehead atoms. The topological polar surface area (TPSA) is 83.9 Å². The molecule has 1 saturated heterocycles. The molecular formula is C10H12N4O3S. The van der Waals surface area contributed by atoms with Gasteiger partial charge in [0.1, 0.15) is 6.20 Å². The van der Waals surface area contributed by atoms with Crippen LogP contribution in [0.15, 0.2) is 11.6 Å². The number of nitrogens with zero attached hydrogens (tertiary/aromatic N) is 4. The summed E-state index contributed by atoms with van der Waals surface area (Å²) in [6.07, 6.45) is 2.78. The fraction of sp³-hybridized carbons (Fsp3) is 0.500. The molecule has 2 aromatic rings. The van der Waals surface area contributed by atoms with E-state index in [2.05, 4.69) is 4.98 Å². The average molecular weight is 268 g/mol. The highest BCUT2D eigenvalue weighted by atomic mass is 32.1. The summed E-state index contributed by atoms with van der Waals surface area (Å²) in [7, 11) is 0. The second-order valence-corrected chi connectivity index (χ2v) is 5.19. The largest absolute Gasteiger partial charge is 0.391 e. The van der Waals surface area contributed by atoms with Crippen LogP contribution in [-0.2, 0) is 0 Å². The molecule has 0 aliphatic carbocycles. The second kappa shape index (κ2) is 4.21. The zero-order chi connectivity index (χ0) is 12.7. The predicted molar refractivity (Wildman–Crippen MR) is 67.2 cm³/mol. The number of fused-ring (bicyclic) bond motifs is 1. The van der Waals surface area contributed by atoms with Crippen molar-refractivity contribution >= 4 is 27.9 Å². The minimum absolute atomic E-state index is 0.0136. The van der Waals surface area contributed by atoms with Crippen LogP contribution in [0.5, 0.6) is 0 Å². The molecule has 0 radical (unpaired) electrons. The van der Waals surface area contributed by atoms with E-state index in [1.807, 2.05) is 0 Å². The Bertz CT molecular complexity index is 593. The first-order valence-electron chi connectivity index (χ1n) is 5.70. The molecular weight excluding hydrogens is 256 g/mol. The van der Waals surface area contributed by atoms with Crippen LogP contribution in [0.4, 0.5) is 11.6 Å². The monoisotopic (exact) mass is 268 g/mol. The van der Waals surface area contributed by atoms with Crippen LogP contribution in [0.2, 0.25) is 0 Å². The molecule has 1 aliphatic heterocycles. The van der Waals surface area contributed by atoms with E-state index < -0.39 is 11.0 Å². The van der Waals surface area contributed by atoms with Gasteiger partial charge >= 0.3 is 5.82 Å². The highest BCUT2D eigenvalue weighted by Crippen LogP contribution is 2.32. The number of anilines is 1. The smallest absolute Gasteiger partial charge is 0.373 e. The normalized spacial score (nSPS) is 20.5.